The van der Waals surface area contributed by atoms with Gasteiger partial charge in [0.05, 0.1) is 5.52 Å². The molecule has 4 heteroatoms. The molecule has 1 saturated heterocycles. The fraction of sp³-hybridized carbons (Fsp3) is 0.364. The summed E-state index contributed by atoms with van der Waals surface area (Å²) in [7, 11) is 0. The van der Waals surface area contributed by atoms with Gasteiger partial charge in [-0.15, -0.1) is 0 Å². The highest BCUT2D eigenvalue weighted by molar-refractivity contribution is 5.76. The maximum Gasteiger partial charge on any atom is 0.417 e. The van der Waals surface area contributed by atoms with Gasteiger partial charge in [0.25, 0.3) is 0 Å². The van der Waals surface area contributed by atoms with Crippen molar-refractivity contribution in [2.45, 2.75) is 12.3 Å². The van der Waals surface area contributed by atoms with Crippen LogP contribution < -0.4 is 11.1 Å². The molecule has 2 N–H and O–H groups in total. The van der Waals surface area contributed by atoms with Gasteiger partial charge < -0.3 is 9.73 Å². The molecule has 0 saturated carbocycles. The molecule has 2 heterocycles. The van der Waals surface area contributed by atoms with E-state index in [4.69, 9.17) is 4.42 Å². The van der Waals surface area contributed by atoms with Gasteiger partial charge in [-0.2, -0.15) is 0 Å². The van der Waals surface area contributed by atoms with E-state index in [2.05, 4.69) is 16.4 Å². The molecule has 4 nitrogen and oxygen atoms in total. The molecule has 0 spiro atoms. The van der Waals surface area contributed by atoms with Crippen LogP contribution in [0.3, 0.4) is 0 Å². The third-order valence-electron chi connectivity index (χ3n) is 2.99. The van der Waals surface area contributed by atoms with Crippen LogP contribution in [0.5, 0.6) is 0 Å². The lowest BCUT2D eigenvalue weighted by molar-refractivity contribution is 0.555. The standard InChI is InChI=1S/C11H12N2O2/c14-11-13-10-8(7-4-5-12-6-7)2-1-3-9(10)15-11/h1-3,7,12H,4-6H2,(H,13,14). The van der Waals surface area contributed by atoms with Crippen molar-refractivity contribution in [1.82, 2.24) is 10.3 Å². The van der Waals surface area contributed by atoms with Crippen LogP contribution in [0.1, 0.15) is 17.9 Å². The molecule has 0 radical (unpaired) electrons. The topological polar surface area (TPSA) is 58.0 Å². The third-order valence-corrected chi connectivity index (χ3v) is 2.99. The lowest BCUT2D eigenvalue weighted by Crippen LogP contribution is -2.08. The van der Waals surface area contributed by atoms with Crippen molar-refractivity contribution in [3.63, 3.8) is 0 Å². The Kier molecular flexibility index (Phi) is 1.89. The van der Waals surface area contributed by atoms with E-state index in [0.29, 0.717) is 11.5 Å². The number of oxazole rings is 1. The van der Waals surface area contributed by atoms with Crippen molar-refractivity contribution in [3.8, 4) is 0 Å². The van der Waals surface area contributed by atoms with Gasteiger partial charge in [-0.3, -0.25) is 4.98 Å². The first-order valence-electron chi connectivity index (χ1n) is 5.17. The number of fused-ring (bicyclic) bond motifs is 1. The van der Waals surface area contributed by atoms with E-state index in [0.717, 1.165) is 25.0 Å². The highest BCUT2D eigenvalue weighted by atomic mass is 16.4. The van der Waals surface area contributed by atoms with Crippen molar-refractivity contribution in [2.75, 3.05) is 13.1 Å². The Morgan fingerprint density at radius 3 is 3.13 bits per heavy atom. The van der Waals surface area contributed by atoms with Crippen LogP contribution in [0.25, 0.3) is 11.1 Å². The van der Waals surface area contributed by atoms with E-state index in [9.17, 15) is 4.79 Å². The maximum atomic E-state index is 11.1. The van der Waals surface area contributed by atoms with Gasteiger partial charge in [-0.25, -0.2) is 4.79 Å². The summed E-state index contributed by atoms with van der Waals surface area (Å²) in [4.78, 5) is 13.9. The van der Waals surface area contributed by atoms with E-state index in [-0.39, 0.29) is 5.76 Å². The van der Waals surface area contributed by atoms with Gasteiger partial charge in [0.2, 0.25) is 0 Å². The first-order valence-corrected chi connectivity index (χ1v) is 5.17. The summed E-state index contributed by atoms with van der Waals surface area (Å²) in [6.07, 6.45) is 1.12. The summed E-state index contributed by atoms with van der Waals surface area (Å²) >= 11 is 0. The number of aromatic amines is 1. The smallest absolute Gasteiger partial charge is 0.408 e. The molecule has 3 rings (SSSR count). The van der Waals surface area contributed by atoms with Crippen LogP contribution in [0.4, 0.5) is 0 Å². The SMILES string of the molecule is O=c1[nH]c2c(C3CCNC3)cccc2o1. The lowest BCUT2D eigenvalue weighted by Gasteiger charge is -2.08. The molecular formula is C11H12N2O2. The number of aromatic nitrogens is 1. The lowest BCUT2D eigenvalue weighted by atomic mass is 9.97. The molecule has 2 aromatic rings. The summed E-state index contributed by atoms with van der Waals surface area (Å²) in [5, 5.41) is 3.32. The van der Waals surface area contributed by atoms with E-state index in [1.54, 1.807) is 0 Å². The number of hydrogen-bond donors (Lipinski definition) is 2. The van der Waals surface area contributed by atoms with Gasteiger partial charge in [0, 0.05) is 6.54 Å². The zero-order valence-corrected chi connectivity index (χ0v) is 8.25. The highest BCUT2D eigenvalue weighted by Gasteiger charge is 2.19. The number of nitrogens with one attached hydrogen (secondary N) is 2. The number of benzene rings is 1. The highest BCUT2D eigenvalue weighted by Crippen LogP contribution is 2.27. The van der Waals surface area contributed by atoms with Gasteiger partial charge in [-0.05, 0) is 30.5 Å². The molecule has 1 aliphatic rings. The minimum absolute atomic E-state index is 0.372. The summed E-state index contributed by atoms with van der Waals surface area (Å²) in [5.74, 6) is 0.116. The van der Waals surface area contributed by atoms with Crippen LogP contribution in [0, 0.1) is 0 Å². The monoisotopic (exact) mass is 204 g/mol. The van der Waals surface area contributed by atoms with Crippen molar-refractivity contribution in [3.05, 3.63) is 34.3 Å². The molecule has 0 bridgehead atoms. The second kappa shape index (κ2) is 3.24. The molecule has 15 heavy (non-hydrogen) atoms. The van der Waals surface area contributed by atoms with E-state index in [1.807, 2.05) is 12.1 Å². The average Bonchev–Trinajstić information content (AvgIpc) is 2.82. The van der Waals surface area contributed by atoms with Gasteiger partial charge in [0.1, 0.15) is 0 Å². The third kappa shape index (κ3) is 1.37. The van der Waals surface area contributed by atoms with Gasteiger partial charge in [0.15, 0.2) is 5.58 Å². The predicted octanol–water partition coefficient (Wildman–Crippen LogP) is 1.20. The number of H-pyrrole nitrogens is 1. The molecule has 1 aliphatic heterocycles. The minimum Gasteiger partial charge on any atom is -0.408 e. The minimum atomic E-state index is -0.372. The Hall–Kier alpha value is -1.55. The Morgan fingerprint density at radius 1 is 1.40 bits per heavy atom. The zero-order chi connectivity index (χ0) is 10.3. The normalized spacial score (nSPS) is 21.2. The number of rotatable bonds is 1. The van der Waals surface area contributed by atoms with Crippen LogP contribution in [-0.2, 0) is 0 Å². The van der Waals surface area contributed by atoms with Gasteiger partial charge >= 0.3 is 5.76 Å². The number of para-hydroxylation sites is 1. The summed E-state index contributed by atoms with van der Waals surface area (Å²) in [5.41, 5.74) is 2.70. The zero-order valence-electron chi connectivity index (χ0n) is 8.25. The molecule has 0 aliphatic carbocycles. The quantitative estimate of drug-likeness (QED) is 0.733. The Bertz CT molecular complexity index is 535. The Morgan fingerprint density at radius 2 is 2.33 bits per heavy atom. The Balaban J connectivity index is 2.20. The average molecular weight is 204 g/mol. The van der Waals surface area contributed by atoms with Crippen molar-refractivity contribution in [2.24, 2.45) is 0 Å². The van der Waals surface area contributed by atoms with Crippen LogP contribution in [0.2, 0.25) is 0 Å². The fourth-order valence-corrected chi connectivity index (χ4v) is 2.25. The van der Waals surface area contributed by atoms with Crippen molar-refractivity contribution >= 4 is 11.1 Å². The molecule has 1 aromatic carbocycles. The first-order chi connectivity index (χ1) is 7.34. The van der Waals surface area contributed by atoms with E-state index in [1.165, 1.54) is 5.56 Å². The van der Waals surface area contributed by atoms with E-state index < -0.39 is 0 Å². The second-order valence-electron chi connectivity index (χ2n) is 3.92. The number of hydrogen-bond acceptors (Lipinski definition) is 3. The van der Waals surface area contributed by atoms with E-state index >= 15 is 0 Å². The molecule has 1 aromatic heterocycles. The summed E-state index contributed by atoms with van der Waals surface area (Å²) in [6, 6.07) is 5.82. The first kappa shape index (κ1) is 8.73. The summed E-state index contributed by atoms with van der Waals surface area (Å²) in [6.45, 7) is 2.02. The Labute approximate surface area is 86.3 Å². The molecular weight excluding hydrogens is 192 g/mol. The predicted molar refractivity (Wildman–Crippen MR) is 57.1 cm³/mol. The maximum absolute atomic E-state index is 11.1. The van der Waals surface area contributed by atoms with Crippen molar-refractivity contribution < 1.29 is 4.42 Å². The molecule has 1 fully saturated rings. The van der Waals surface area contributed by atoms with Crippen molar-refractivity contribution in [1.29, 1.82) is 0 Å². The van der Waals surface area contributed by atoms with Crippen LogP contribution in [-0.4, -0.2) is 18.1 Å². The second-order valence-corrected chi connectivity index (χ2v) is 3.92. The molecule has 78 valence electrons. The fourth-order valence-electron chi connectivity index (χ4n) is 2.25. The molecule has 1 atom stereocenters. The van der Waals surface area contributed by atoms with Crippen LogP contribution >= 0.6 is 0 Å². The largest absolute Gasteiger partial charge is 0.417 e. The van der Waals surface area contributed by atoms with Gasteiger partial charge in [-0.1, -0.05) is 12.1 Å². The molecule has 1 unspecified atom stereocenters. The molecule has 0 amide bonds. The summed E-state index contributed by atoms with van der Waals surface area (Å²) < 4.78 is 5.04. The van der Waals surface area contributed by atoms with Crippen LogP contribution in [0.15, 0.2) is 27.4 Å².